The van der Waals surface area contributed by atoms with Crippen LogP contribution in [0, 0.1) is 11.3 Å². The van der Waals surface area contributed by atoms with E-state index in [1.165, 1.54) is 12.1 Å². The number of rotatable bonds is 3. The Kier molecular flexibility index (Phi) is 4.24. The molecule has 0 aliphatic heterocycles. The van der Waals surface area contributed by atoms with Gasteiger partial charge in [-0.2, -0.15) is 18.4 Å². The van der Waals surface area contributed by atoms with E-state index in [-0.39, 0.29) is 5.75 Å². The fourth-order valence-corrected chi connectivity index (χ4v) is 1.45. The van der Waals surface area contributed by atoms with Crippen LogP contribution in [0.5, 0.6) is 5.75 Å². The second kappa shape index (κ2) is 5.28. The largest absolute Gasteiger partial charge is 0.474 e. The van der Waals surface area contributed by atoms with Crippen LogP contribution in [0.1, 0.15) is 18.9 Å². The molecule has 0 N–H and O–H groups in total. The van der Waals surface area contributed by atoms with Crippen molar-refractivity contribution in [3.05, 3.63) is 28.8 Å². The highest BCUT2D eigenvalue weighted by Crippen LogP contribution is 2.39. The van der Waals surface area contributed by atoms with Crippen molar-refractivity contribution in [3.8, 4) is 11.8 Å². The third-order valence-corrected chi connectivity index (χ3v) is 2.44. The molecule has 0 heterocycles. The van der Waals surface area contributed by atoms with Crippen LogP contribution in [-0.4, -0.2) is 6.10 Å². The molecule has 1 unspecified atom stereocenters. The summed E-state index contributed by atoms with van der Waals surface area (Å²) < 4.78 is 42.7. The van der Waals surface area contributed by atoms with E-state index in [4.69, 9.17) is 21.6 Å². The Bertz CT molecular complexity index is 439. The molecule has 0 fully saturated rings. The van der Waals surface area contributed by atoms with Gasteiger partial charge in [0.2, 0.25) is 0 Å². The molecule has 1 aromatic carbocycles. The predicted molar refractivity (Wildman–Crippen MR) is 56.8 cm³/mol. The van der Waals surface area contributed by atoms with Gasteiger partial charge in [-0.15, -0.1) is 0 Å². The zero-order valence-corrected chi connectivity index (χ0v) is 9.64. The quantitative estimate of drug-likeness (QED) is 0.824. The second-order valence-corrected chi connectivity index (χ2v) is 3.64. The molecule has 6 heteroatoms. The highest BCUT2D eigenvalue weighted by Gasteiger charge is 2.34. The minimum absolute atomic E-state index is 0.130. The number of alkyl halides is 3. The lowest BCUT2D eigenvalue weighted by Crippen LogP contribution is -2.14. The summed E-state index contributed by atoms with van der Waals surface area (Å²) in [6.45, 7) is 1.69. The van der Waals surface area contributed by atoms with Gasteiger partial charge in [-0.3, -0.25) is 0 Å². The van der Waals surface area contributed by atoms with Crippen molar-refractivity contribution in [1.29, 1.82) is 5.26 Å². The minimum Gasteiger partial charge on any atom is -0.474 e. The smallest absolute Gasteiger partial charge is 0.417 e. The Labute approximate surface area is 102 Å². The van der Waals surface area contributed by atoms with Gasteiger partial charge in [0.15, 0.2) is 6.10 Å². The molecule has 1 aromatic rings. The van der Waals surface area contributed by atoms with Gasteiger partial charge in [-0.1, -0.05) is 24.6 Å². The Hall–Kier alpha value is -1.41. The van der Waals surface area contributed by atoms with Crippen LogP contribution in [-0.2, 0) is 6.18 Å². The van der Waals surface area contributed by atoms with E-state index in [2.05, 4.69) is 0 Å². The molecule has 0 saturated carbocycles. The van der Waals surface area contributed by atoms with Gasteiger partial charge in [0, 0.05) is 0 Å². The van der Waals surface area contributed by atoms with Crippen LogP contribution in [0.2, 0.25) is 5.02 Å². The molecule has 0 amide bonds. The normalized spacial score (nSPS) is 12.9. The molecule has 17 heavy (non-hydrogen) atoms. The predicted octanol–water partition coefficient (Wildman–Crippen LogP) is 4.04. The summed E-state index contributed by atoms with van der Waals surface area (Å²) in [6, 6.07) is 5.18. The Balaban J connectivity index is 3.08. The average Bonchev–Trinajstić information content (AvgIpc) is 2.26. The van der Waals surface area contributed by atoms with Crippen molar-refractivity contribution in [1.82, 2.24) is 0 Å². The van der Waals surface area contributed by atoms with E-state index in [1.54, 1.807) is 6.92 Å². The Morgan fingerprint density at radius 2 is 2.12 bits per heavy atom. The van der Waals surface area contributed by atoms with Crippen LogP contribution in [0.15, 0.2) is 18.2 Å². The molecule has 0 aliphatic rings. The van der Waals surface area contributed by atoms with Crippen molar-refractivity contribution < 1.29 is 17.9 Å². The maximum Gasteiger partial charge on any atom is 0.417 e. The summed E-state index contributed by atoms with van der Waals surface area (Å²) >= 11 is 5.60. The van der Waals surface area contributed by atoms with Gasteiger partial charge < -0.3 is 4.74 Å². The highest BCUT2D eigenvalue weighted by molar-refractivity contribution is 6.32. The second-order valence-electron chi connectivity index (χ2n) is 3.26. The third-order valence-electron chi connectivity index (χ3n) is 2.05. The van der Waals surface area contributed by atoms with E-state index < -0.39 is 22.9 Å². The lowest BCUT2D eigenvalue weighted by molar-refractivity contribution is -0.137. The van der Waals surface area contributed by atoms with Crippen LogP contribution < -0.4 is 4.74 Å². The van der Waals surface area contributed by atoms with Crippen molar-refractivity contribution in [2.24, 2.45) is 0 Å². The van der Waals surface area contributed by atoms with E-state index in [0.29, 0.717) is 6.42 Å². The van der Waals surface area contributed by atoms with Gasteiger partial charge in [-0.25, -0.2) is 0 Å². The van der Waals surface area contributed by atoms with Crippen LogP contribution in [0.25, 0.3) is 0 Å². The van der Waals surface area contributed by atoms with Crippen LogP contribution in [0.3, 0.4) is 0 Å². The molecular weight excluding hydrogens is 255 g/mol. The summed E-state index contributed by atoms with van der Waals surface area (Å²) in [5, 5.41) is 8.15. The fourth-order valence-electron chi connectivity index (χ4n) is 1.17. The first-order valence-corrected chi connectivity index (χ1v) is 5.20. The minimum atomic E-state index is -4.54. The van der Waals surface area contributed by atoms with Gasteiger partial charge in [0.05, 0.1) is 10.6 Å². The maximum atomic E-state index is 12.5. The van der Waals surface area contributed by atoms with Crippen molar-refractivity contribution in [2.75, 3.05) is 0 Å². The van der Waals surface area contributed by atoms with Gasteiger partial charge >= 0.3 is 6.18 Å². The average molecular weight is 264 g/mol. The molecule has 2 nitrogen and oxygen atoms in total. The number of hydrogen-bond acceptors (Lipinski definition) is 2. The Morgan fingerprint density at radius 1 is 1.47 bits per heavy atom. The number of nitriles is 1. The molecule has 1 atom stereocenters. The lowest BCUT2D eigenvalue weighted by atomic mass is 10.2. The molecule has 1 rings (SSSR count). The summed E-state index contributed by atoms with van der Waals surface area (Å²) in [4.78, 5) is 0. The van der Waals surface area contributed by atoms with Gasteiger partial charge in [-0.05, 0) is 18.6 Å². The van der Waals surface area contributed by atoms with Crippen LogP contribution in [0.4, 0.5) is 13.2 Å². The zero-order valence-electron chi connectivity index (χ0n) is 8.88. The molecule has 0 aromatic heterocycles. The SMILES string of the molecule is CCC(C#N)Oc1cccc(C(F)(F)F)c1Cl. The van der Waals surface area contributed by atoms with Crippen molar-refractivity contribution in [3.63, 3.8) is 0 Å². The first-order valence-electron chi connectivity index (χ1n) is 4.82. The molecule has 0 saturated heterocycles. The van der Waals surface area contributed by atoms with Crippen molar-refractivity contribution >= 4 is 11.6 Å². The zero-order chi connectivity index (χ0) is 13.1. The number of hydrogen-bond donors (Lipinski definition) is 0. The first-order chi connectivity index (χ1) is 7.90. The Morgan fingerprint density at radius 3 is 2.59 bits per heavy atom. The topological polar surface area (TPSA) is 33.0 Å². The van der Waals surface area contributed by atoms with Gasteiger partial charge in [0.25, 0.3) is 0 Å². The lowest BCUT2D eigenvalue weighted by Gasteiger charge is -2.15. The van der Waals surface area contributed by atoms with Crippen LogP contribution >= 0.6 is 11.6 Å². The molecule has 0 spiro atoms. The summed E-state index contributed by atoms with van der Waals surface area (Å²) in [7, 11) is 0. The van der Waals surface area contributed by atoms with E-state index in [9.17, 15) is 13.2 Å². The highest BCUT2D eigenvalue weighted by atomic mass is 35.5. The van der Waals surface area contributed by atoms with Gasteiger partial charge in [0.1, 0.15) is 11.8 Å². The summed E-state index contributed by atoms with van der Waals surface area (Å²) in [5.41, 5.74) is -0.968. The molecule has 0 bridgehead atoms. The third kappa shape index (κ3) is 3.27. The van der Waals surface area contributed by atoms with E-state index in [0.717, 1.165) is 6.07 Å². The molecule has 0 aliphatic carbocycles. The molecular formula is C11H9ClF3NO. The first kappa shape index (κ1) is 13.7. The number of halogens is 4. The number of benzene rings is 1. The fraction of sp³-hybridized carbons (Fsp3) is 0.364. The monoisotopic (exact) mass is 263 g/mol. The summed E-state index contributed by atoms with van der Waals surface area (Å²) in [5.74, 6) is -0.130. The van der Waals surface area contributed by atoms with E-state index in [1.807, 2.05) is 6.07 Å². The molecule has 92 valence electrons. The number of ether oxygens (including phenoxy) is 1. The van der Waals surface area contributed by atoms with Crippen molar-refractivity contribution in [2.45, 2.75) is 25.6 Å². The molecule has 0 radical (unpaired) electrons. The maximum absolute atomic E-state index is 12.5. The van der Waals surface area contributed by atoms with E-state index >= 15 is 0 Å². The number of nitrogens with zero attached hydrogens (tertiary/aromatic N) is 1. The summed E-state index contributed by atoms with van der Waals surface area (Å²) in [6.07, 6.45) is -4.98. The standard InChI is InChI=1S/C11H9ClF3NO/c1-2-7(6-16)17-9-5-3-4-8(10(9)12)11(13,14)15/h3-5,7H,2H2,1H3.